The molecule has 0 aliphatic heterocycles. The lowest BCUT2D eigenvalue weighted by molar-refractivity contribution is 0.104. The van der Waals surface area contributed by atoms with Gasteiger partial charge in [0.1, 0.15) is 5.75 Å². The Morgan fingerprint density at radius 2 is 2.07 bits per heavy atom. The van der Waals surface area contributed by atoms with Gasteiger partial charge in [0.2, 0.25) is 0 Å². The summed E-state index contributed by atoms with van der Waals surface area (Å²) in [6.45, 7) is 7.85. The highest BCUT2D eigenvalue weighted by Crippen LogP contribution is 2.37. The average molecular weight is 433 g/mol. The van der Waals surface area contributed by atoms with E-state index < -0.39 is 5.63 Å². The number of ketones is 1. The third-order valence-electron chi connectivity index (χ3n) is 3.92. The molecule has 0 saturated carbocycles. The van der Waals surface area contributed by atoms with Crippen LogP contribution in [-0.4, -0.2) is 17.2 Å². The van der Waals surface area contributed by atoms with E-state index in [1.54, 1.807) is 12.1 Å². The van der Waals surface area contributed by atoms with Crippen molar-refractivity contribution in [3.8, 4) is 5.75 Å². The Labute approximate surface area is 168 Å². The second-order valence-corrected chi connectivity index (χ2v) is 7.12. The van der Waals surface area contributed by atoms with Crippen LogP contribution in [0.2, 0.25) is 0 Å². The summed E-state index contributed by atoms with van der Waals surface area (Å²) in [5.74, 6) is 0.435. The number of fused-ring (bicyclic) bond motifs is 1. The number of ether oxygens (including phenoxy) is 1. The van der Waals surface area contributed by atoms with Crippen molar-refractivity contribution >= 4 is 38.8 Å². The molecule has 0 N–H and O–H groups in total. The molecular formula is C22H25BrO4. The Bertz CT molecular complexity index is 935. The topological polar surface area (TPSA) is 56.5 Å². The molecule has 0 fully saturated rings. The van der Waals surface area contributed by atoms with Crippen molar-refractivity contribution in [2.24, 2.45) is 0 Å². The van der Waals surface area contributed by atoms with Gasteiger partial charge in [0.15, 0.2) is 11.4 Å². The summed E-state index contributed by atoms with van der Waals surface area (Å²) >= 11 is 3.28. The number of allylic oxidation sites excluding steroid dienone is 3. The second-order valence-electron chi connectivity index (χ2n) is 6.47. The number of hydrogen-bond acceptors (Lipinski definition) is 4. The second kappa shape index (κ2) is 9.70. The van der Waals surface area contributed by atoms with Crippen LogP contribution in [0.25, 0.3) is 17.0 Å². The van der Waals surface area contributed by atoms with Crippen LogP contribution in [0, 0.1) is 0 Å². The number of carbonyl (C=O) groups is 1. The first-order chi connectivity index (χ1) is 12.9. The first kappa shape index (κ1) is 21.2. The van der Waals surface area contributed by atoms with Gasteiger partial charge < -0.3 is 9.15 Å². The van der Waals surface area contributed by atoms with E-state index in [2.05, 4.69) is 15.9 Å². The zero-order valence-corrected chi connectivity index (χ0v) is 17.8. The number of aryl methyl sites for hydroxylation is 1. The van der Waals surface area contributed by atoms with Crippen molar-refractivity contribution in [1.82, 2.24) is 0 Å². The van der Waals surface area contributed by atoms with E-state index in [1.165, 1.54) is 12.1 Å². The zero-order chi connectivity index (χ0) is 20.0. The van der Waals surface area contributed by atoms with Gasteiger partial charge in [-0.3, -0.25) is 4.79 Å². The van der Waals surface area contributed by atoms with Crippen molar-refractivity contribution in [2.75, 3.05) is 5.33 Å². The summed E-state index contributed by atoms with van der Waals surface area (Å²) < 4.78 is 11.6. The van der Waals surface area contributed by atoms with Gasteiger partial charge in [-0.05, 0) is 44.9 Å². The van der Waals surface area contributed by atoms with Crippen LogP contribution in [-0.2, 0) is 6.42 Å². The first-order valence-electron chi connectivity index (χ1n) is 9.12. The fraction of sp³-hybridized carbons (Fsp3) is 0.364. The van der Waals surface area contributed by atoms with Crippen molar-refractivity contribution in [2.45, 2.75) is 46.6 Å². The van der Waals surface area contributed by atoms with Gasteiger partial charge in [-0.15, -0.1) is 0 Å². The highest BCUT2D eigenvalue weighted by molar-refractivity contribution is 9.09. The lowest BCUT2D eigenvalue weighted by atomic mass is 9.96. The third-order valence-corrected chi connectivity index (χ3v) is 4.29. The number of alkyl halides is 1. The maximum Gasteiger partial charge on any atom is 0.336 e. The summed E-state index contributed by atoms with van der Waals surface area (Å²) in [5, 5.41) is 1.27. The Morgan fingerprint density at radius 1 is 1.33 bits per heavy atom. The molecule has 2 aromatic rings. The van der Waals surface area contributed by atoms with Gasteiger partial charge in [0, 0.05) is 17.0 Å². The van der Waals surface area contributed by atoms with E-state index in [0.29, 0.717) is 34.0 Å². The van der Waals surface area contributed by atoms with E-state index in [-0.39, 0.29) is 11.9 Å². The first-order valence-corrected chi connectivity index (χ1v) is 10.2. The molecule has 0 saturated heterocycles. The molecule has 0 spiro atoms. The van der Waals surface area contributed by atoms with Crippen LogP contribution in [0.4, 0.5) is 0 Å². The van der Waals surface area contributed by atoms with E-state index >= 15 is 0 Å². The van der Waals surface area contributed by atoms with Crippen LogP contribution >= 0.6 is 15.9 Å². The molecule has 0 bridgehead atoms. The monoisotopic (exact) mass is 432 g/mol. The number of carbonyl (C=O) groups excluding carboxylic acids is 1. The normalized spacial score (nSPS) is 11.9. The third kappa shape index (κ3) is 4.98. The minimum atomic E-state index is -0.459. The van der Waals surface area contributed by atoms with Gasteiger partial charge in [-0.25, -0.2) is 4.79 Å². The molecule has 1 aromatic carbocycles. The van der Waals surface area contributed by atoms with E-state index in [9.17, 15) is 9.59 Å². The average Bonchev–Trinajstić information content (AvgIpc) is 2.61. The maximum absolute atomic E-state index is 12.8. The zero-order valence-electron chi connectivity index (χ0n) is 16.2. The smallest absolute Gasteiger partial charge is 0.336 e. The molecular weight excluding hydrogens is 408 g/mol. The van der Waals surface area contributed by atoms with Gasteiger partial charge in [-0.2, -0.15) is 0 Å². The lowest BCUT2D eigenvalue weighted by Crippen LogP contribution is -2.11. The Hall–Kier alpha value is -2.14. The summed E-state index contributed by atoms with van der Waals surface area (Å²) in [7, 11) is 0. The molecule has 0 aliphatic carbocycles. The van der Waals surface area contributed by atoms with Crippen molar-refractivity contribution < 1.29 is 13.9 Å². The van der Waals surface area contributed by atoms with Crippen molar-refractivity contribution in [3.05, 3.63) is 57.5 Å². The van der Waals surface area contributed by atoms with Gasteiger partial charge in [0.25, 0.3) is 0 Å². The molecule has 1 aromatic heterocycles. The molecule has 0 unspecified atom stereocenters. The summed E-state index contributed by atoms with van der Waals surface area (Å²) in [6.07, 6.45) is 8.50. The number of hydrogen-bond donors (Lipinski definition) is 0. The highest BCUT2D eigenvalue weighted by atomic mass is 79.9. The molecule has 0 radical (unpaired) electrons. The standard InChI is InChI=1S/C22H25BrO4/c1-5-8-15-13-19(25)27-22-17(18(24)10-7-11-23)12-16(9-6-2)21(20(15)22)26-14(3)4/h6-7,9-10,12-14H,5,8,11H2,1-4H3/b9-6-,10-7+. The molecule has 5 heteroatoms. The van der Waals surface area contributed by atoms with Gasteiger partial charge >= 0.3 is 5.63 Å². The number of halogens is 1. The van der Waals surface area contributed by atoms with Crippen LogP contribution in [0.1, 0.15) is 55.6 Å². The molecule has 0 atom stereocenters. The van der Waals surface area contributed by atoms with E-state index in [1.807, 2.05) is 39.8 Å². The summed E-state index contributed by atoms with van der Waals surface area (Å²) in [5.41, 5.74) is 1.82. The molecule has 1 heterocycles. The van der Waals surface area contributed by atoms with Gasteiger partial charge in [-0.1, -0.05) is 47.5 Å². The maximum atomic E-state index is 12.8. The summed E-state index contributed by atoms with van der Waals surface area (Å²) in [6, 6.07) is 3.24. The molecule has 0 aliphatic rings. The van der Waals surface area contributed by atoms with E-state index in [0.717, 1.165) is 17.5 Å². The van der Waals surface area contributed by atoms with Crippen LogP contribution in [0.3, 0.4) is 0 Å². The van der Waals surface area contributed by atoms with Gasteiger partial charge in [0.05, 0.1) is 17.1 Å². The quantitative estimate of drug-likeness (QED) is 0.232. The van der Waals surface area contributed by atoms with Crippen molar-refractivity contribution in [1.29, 1.82) is 0 Å². The van der Waals surface area contributed by atoms with Crippen LogP contribution < -0.4 is 10.4 Å². The Morgan fingerprint density at radius 3 is 2.67 bits per heavy atom. The molecule has 27 heavy (non-hydrogen) atoms. The molecule has 0 amide bonds. The largest absolute Gasteiger partial charge is 0.490 e. The van der Waals surface area contributed by atoms with Crippen LogP contribution in [0.15, 0.2) is 39.6 Å². The lowest BCUT2D eigenvalue weighted by Gasteiger charge is -2.18. The van der Waals surface area contributed by atoms with E-state index in [4.69, 9.17) is 9.15 Å². The SMILES string of the molecule is C/C=C\c1cc(C(=O)/C=C/CBr)c2oc(=O)cc(CCC)c2c1OC(C)C. The number of rotatable bonds is 8. The fourth-order valence-corrected chi connectivity index (χ4v) is 3.15. The molecule has 4 nitrogen and oxygen atoms in total. The highest BCUT2D eigenvalue weighted by Gasteiger charge is 2.21. The Balaban J connectivity index is 2.97. The fourth-order valence-electron chi connectivity index (χ4n) is 2.97. The molecule has 2 rings (SSSR count). The minimum Gasteiger partial charge on any atom is -0.490 e. The predicted molar refractivity (Wildman–Crippen MR) is 114 cm³/mol. The van der Waals surface area contributed by atoms with Crippen molar-refractivity contribution in [3.63, 3.8) is 0 Å². The number of benzene rings is 1. The summed E-state index contributed by atoms with van der Waals surface area (Å²) in [4.78, 5) is 24.9. The Kier molecular flexibility index (Phi) is 7.60. The molecule has 144 valence electrons. The predicted octanol–water partition coefficient (Wildman–Crippen LogP) is 5.70. The minimum absolute atomic E-state index is 0.0616. The van der Waals surface area contributed by atoms with Crippen LogP contribution in [0.5, 0.6) is 5.75 Å².